The van der Waals surface area contributed by atoms with Gasteiger partial charge in [-0.15, -0.1) is 0 Å². The summed E-state index contributed by atoms with van der Waals surface area (Å²) >= 11 is 0. The number of carboxylic acid groups (broad SMARTS) is 1. The highest BCUT2D eigenvalue weighted by molar-refractivity contribution is 7.85. The maximum Gasteiger partial charge on any atom is 0.320 e. The summed E-state index contributed by atoms with van der Waals surface area (Å²) in [6, 6.07) is 14.5. The van der Waals surface area contributed by atoms with Crippen LogP contribution < -0.4 is 5.73 Å². The van der Waals surface area contributed by atoms with Gasteiger partial charge in [0.1, 0.15) is 6.04 Å². The Morgan fingerprint density at radius 3 is 2.04 bits per heavy atom. The molecule has 4 N–H and O–H groups in total. The van der Waals surface area contributed by atoms with Crippen molar-refractivity contribution < 1.29 is 22.9 Å². The predicted octanol–water partition coefficient (Wildman–Crippen LogP) is 1.88. The molecule has 0 bridgehead atoms. The topological polar surface area (TPSA) is 118 Å². The smallest absolute Gasteiger partial charge is 0.320 e. The molecular formula is C16H19NO5S. The average molecular weight is 337 g/mol. The molecule has 0 aliphatic rings. The van der Waals surface area contributed by atoms with Gasteiger partial charge < -0.3 is 10.8 Å². The third-order valence-corrected chi connectivity index (χ3v) is 3.80. The van der Waals surface area contributed by atoms with Crippen LogP contribution in [-0.2, 0) is 21.3 Å². The quantitative estimate of drug-likeness (QED) is 0.733. The summed E-state index contributed by atoms with van der Waals surface area (Å²) < 4.78 is 29.6. The van der Waals surface area contributed by atoms with Crippen molar-refractivity contribution in [1.82, 2.24) is 0 Å². The molecule has 2 aromatic rings. The summed E-state index contributed by atoms with van der Waals surface area (Å²) in [4.78, 5) is 10.3. The summed E-state index contributed by atoms with van der Waals surface area (Å²) in [7, 11) is -4.02. The first-order valence-corrected chi connectivity index (χ1v) is 8.20. The molecule has 7 heteroatoms. The van der Waals surface area contributed by atoms with Crippen molar-refractivity contribution in [2.75, 3.05) is 0 Å². The Balaban J connectivity index is 0.000000231. The molecule has 1 atom stereocenters. The first-order chi connectivity index (χ1) is 10.7. The largest absolute Gasteiger partial charge is 0.480 e. The lowest BCUT2D eigenvalue weighted by Crippen LogP contribution is -2.32. The molecule has 23 heavy (non-hydrogen) atoms. The van der Waals surface area contributed by atoms with Gasteiger partial charge in [0, 0.05) is 0 Å². The van der Waals surface area contributed by atoms with Crippen LogP contribution in [0.1, 0.15) is 11.1 Å². The van der Waals surface area contributed by atoms with Gasteiger partial charge in [-0.25, -0.2) is 0 Å². The van der Waals surface area contributed by atoms with Crippen molar-refractivity contribution in [3.8, 4) is 0 Å². The first kappa shape index (κ1) is 18.8. The van der Waals surface area contributed by atoms with Crippen molar-refractivity contribution in [2.24, 2.45) is 5.73 Å². The highest BCUT2D eigenvalue weighted by atomic mass is 32.2. The number of hydrogen-bond acceptors (Lipinski definition) is 4. The number of benzene rings is 2. The Labute approximate surface area is 135 Å². The van der Waals surface area contributed by atoms with Crippen LogP contribution in [0.25, 0.3) is 0 Å². The molecule has 0 fully saturated rings. The second kappa shape index (κ2) is 8.42. The highest BCUT2D eigenvalue weighted by Crippen LogP contribution is 2.08. The van der Waals surface area contributed by atoms with Crippen LogP contribution >= 0.6 is 0 Å². The zero-order chi connectivity index (χ0) is 17.5. The van der Waals surface area contributed by atoms with Crippen LogP contribution in [-0.4, -0.2) is 30.1 Å². The van der Waals surface area contributed by atoms with E-state index in [1.165, 1.54) is 12.1 Å². The van der Waals surface area contributed by atoms with Crippen LogP contribution in [0.15, 0.2) is 59.5 Å². The Morgan fingerprint density at radius 1 is 1.09 bits per heavy atom. The molecule has 6 nitrogen and oxygen atoms in total. The maximum atomic E-state index is 10.5. The number of aliphatic carboxylic acids is 1. The van der Waals surface area contributed by atoms with Gasteiger partial charge in [-0.2, -0.15) is 8.42 Å². The third kappa shape index (κ3) is 7.05. The van der Waals surface area contributed by atoms with Crippen molar-refractivity contribution in [2.45, 2.75) is 24.3 Å². The summed E-state index contributed by atoms with van der Waals surface area (Å²) in [6.45, 7) is 1.84. The van der Waals surface area contributed by atoms with Crippen LogP contribution in [0.4, 0.5) is 0 Å². The van der Waals surface area contributed by atoms with Gasteiger partial charge in [0.05, 0.1) is 4.90 Å². The lowest BCUT2D eigenvalue weighted by Gasteiger charge is -2.04. The van der Waals surface area contributed by atoms with Gasteiger partial charge in [0.2, 0.25) is 0 Å². The monoisotopic (exact) mass is 337 g/mol. The van der Waals surface area contributed by atoms with E-state index in [0.29, 0.717) is 6.42 Å². The summed E-state index contributed by atoms with van der Waals surface area (Å²) in [5, 5.41) is 8.52. The lowest BCUT2D eigenvalue weighted by molar-refractivity contribution is -0.138. The Morgan fingerprint density at radius 2 is 1.61 bits per heavy atom. The standard InChI is InChI=1S/C9H11NO2.C7H8O3S/c10-8(9(11)12)6-7-4-2-1-3-5-7;1-6-2-4-7(5-3-6)11(8,9)10/h1-5,8H,6,10H2,(H,11,12);2-5H,1H3,(H,8,9,10)/t8-;/m0./s1. The van der Waals surface area contributed by atoms with Crippen molar-refractivity contribution in [3.63, 3.8) is 0 Å². The number of hydrogen-bond donors (Lipinski definition) is 3. The molecule has 0 saturated carbocycles. The maximum absolute atomic E-state index is 10.5. The van der Waals surface area contributed by atoms with Crippen LogP contribution in [0, 0.1) is 6.92 Å². The first-order valence-electron chi connectivity index (χ1n) is 6.76. The van der Waals surface area contributed by atoms with E-state index in [2.05, 4.69) is 0 Å². The molecule has 0 aliphatic heterocycles. The van der Waals surface area contributed by atoms with Gasteiger partial charge in [-0.3, -0.25) is 9.35 Å². The van der Waals surface area contributed by atoms with E-state index in [9.17, 15) is 13.2 Å². The van der Waals surface area contributed by atoms with Gasteiger partial charge in [-0.1, -0.05) is 48.0 Å². The number of rotatable bonds is 4. The van der Waals surface area contributed by atoms with E-state index >= 15 is 0 Å². The van der Waals surface area contributed by atoms with E-state index in [0.717, 1.165) is 11.1 Å². The van der Waals surface area contributed by atoms with E-state index in [-0.39, 0.29) is 4.90 Å². The molecule has 0 saturated heterocycles. The minimum Gasteiger partial charge on any atom is -0.480 e. The molecule has 0 heterocycles. The van der Waals surface area contributed by atoms with Crippen molar-refractivity contribution in [1.29, 1.82) is 0 Å². The van der Waals surface area contributed by atoms with E-state index in [1.54, 1.807) is 12.1 Å². The molecule has 2 rings (SSSR count). The van der Waals surface area contributed by atoms with Gasteiger partial charge in [0.15, 0.2) is 0 Å². The molecule has 0 unspecified atom stereocenters. The van der Waals surface area contributed by atoms with E-state index in [4.69, 9.17) is 15.4 Å². The minimum absolute atomic E-state index is 0.0666. The number of carboxylic acids is 1. The van der Waals surface area contributed by atoms with Gasteiger partial charge in [0.25, 0.3) is 10.1 Å². The molecule has 2 aromatic carbocycles. The lowest BCUT2D eigenvalue weighted by atomic mass is 10.1. The second-order valence-corrected chi connectivity index (χ2v) is 6.34. The average Bonchev–Trinajstić information content (AvgIpc) is 2.48. The molecule has 124 valence electrons. The molecular weight excluding hydrogens is 318 g/mol. The van der Waals surface area contributed by atoms with Crippen molar-refractivity contribution in [3.05, 3.63) is 65.7 Å². The molecule has 0 radical (unpaired) electrons. The molecule has 0 aliphatic carbocycles. The summed E-state index contributed by atoms with van der Waals surface area (Å²) in [5.74, 6) is -0.959. The summed E-state index contributed by atoms with van der Waals surface area (Å²) in [6.07, 6.45) is 0.385. The Kier molecular flexibility index (Phi) is 6.89. The normalized spacial score (nSPS) is 12.0. The minimum atomic E-state index is -4.02. The fourth-order valence-electron chi connectivity index (χ4n) is 1.67. The zero-order valence-corrected chi connectivity index (χ0v) is 13.4. The second-order valence-electron chi connectivity index (χ2n) is 4.92. The number of aryl methyl sites for hydroxylation is 1. The van der Waals surface area contributed by atoms with Crippen molar-refractivity contribution >= 4 is 16.1 Å². The fourth-order valence-corrected chi connectivity index (χ4v) is 2.15. The highest BCUT2D eigenvalue weighted by Gasteiger charge is 2.11. The van der Waals surface area contributed by atoms with Crippen LogP contribution in [0.2, 0.25) is 0 Å². The Hall–Kier alpha value is -2.22. The van der Waals surface area contributed by atoms with E-state index < -0.39 is 22.1 Å². The third-order valence-electron chi connectivity index (χ3n) is 2.93. The molecule has 0 aromatic heterocycles. The molecule has 0 amide bonds. The summed E-state index contributed by atoms with van der Waals surface area (Å²) in [5.41, 5.74) is 7.26. The van der Waals surface area contributed by atoms with Gasteiger partial charge in [-0.05, 0) is 31.0 Å². The number of carbonyl (C=O) groups is 1. The van der Waals surface area contributed by atoms with Gasteiger partial charge >= 0.3 is 5.97 Å². The number of nitrogens with two attached hydrogens (primary N) is 1. The molecule has 0 spiro atoms. The SMILES string of the molecule is Cc1ccc(S(=O)(=O)O)cc1.N[C@@H](Cc1ccccc1)C(=O)O. The predicted molar refractivity (Wildman–Crippen MR) is 86.8 cm³/mol. The van der Waals surface area contributed by atoms with Crippen LogP contribution in [0.3, 0.4) is 0 Å². The fraction of sp³-hybridized carbons (Fsp3) is 0.188. The Bertz CT molecular complexity index is 727. The zero-order valence-electron chi connectivity index (χ0n) is 12.6. The van der Waals surface area contributed by atoms with E-state index in [1.807, 2.05) is 37.3 Å². The van der Waals surface area contributed by atoms with Crippen LogP contribution in [0.5, 0.6) is 0 Å².